The molecule has 2 aliphatic rings. The molecule has 2 fully saturated rings. The molecule has 1 saturated carbocycles. The summed E-state index contributed by atoms with van der Waals surface area (Å²) in [7, 11) is 0. The number of rotatable bonds is 6. The van der Waals surface area contributed by atoms with Crippen molar-refractivity contribution in [1.29, 1.82) is 0 Å². The average molecular weight is 241 g/mol. The Kier molecular flexibility index (Phi) is 3.99. The Balaban J connectivity index is 1.77. The molecule has 17 heavy (non-hydrogen) atoms. The number of hydrogen-bond donors (Lipinski definition) is 1. The van der Waals surface area contributed by atoms with Gasteiger partial charge in [0.15, 0.2) is 0 Å². The van der Waals surface area contributed by atoms with Crippen molar-refractivity contribution in [1.82, 2.24) is 4.90 Å². The van der Waals surface area contributed by atoms with E-state index in [1.54, 1.807) is 0 Å². The topological polar surface area (TPSA) is 66.8 Å². The van der Waals surface area contributed by atoms with Gasteiger partial charge < -0.3 is 14.7 Å². The molecule has 1 aliphatic carbocycles. The number of amides is 1. The van der Waals surface area contributed by atoms with Crippen LogP contribution in [-0.2, 0) is 14.3 Å². The zero-order valence-corrected chi connectivity index (χ0v) is 9.93. The third kappa shape index (κ3) is 3.70. The second kappa shape index (κ2) is 5.49. The second-order valence-electron chi connectivity index (χ2n) is 4.82. The molecule has 0 spiro atoms. The van der Waals surface area contributed by atoms with Crippen LogP contribution in [0.4, 0.5) is 0 Å². The predicted octanol–water partition coefficient (Wildman–Crippen LogP) is 1.02. The van der Waals surface area contributed by atoms with E-state index < -0.39 is 5.97 Å². The van der Waals surface area contributed by atoms with Crippen molar-refractivity contribution < 1.29 is 19.4 Å². The highest BCUT2D eigenvalue weighted by atomic mass is 16.5. The Morgan fingerprint density at radius 3 is 2.59 bits per heavy atom. The molecular weight excluding hydrogens is 222 g/mol. The van der Waals surface area contributed by atoms with Crippen molar-refractivity contribution in [2.45, 2.75) is 50.7 Å². The van der Waals surface area contributed by atoms with Crippen LogP contribution in [0, 0.1) is 0 Å². The van der Waals surface area contributed by atoms with Gasteiger partial charge in [0, 0.05) is 19.1 Å². The van der Waals surface area contributed by atoms with Crippen LogP contribution in [0.3, 0.4) is 0 Å². The van der Waals surface area contributed by atoms with E-state index in [1.165, 1.54) is 4.90 Å². The summed E-state index contributed by atoms with van der Waals surface area (Å²) >= 11 is 0. The zero-order valence-electron chi connectivity index (χ0n) is 9.93. The minimum absolute atomic E-state index is 0.0367. The van der Waals surface area contributed by atoms with Crippen LogP contribution in [0.2, 0.25) is 0 Å². The number of ether oxygens (including phenoxy) is 1. The van der Waals surface area contributed by atoms with Gasteiger partial charge in [0.2, 0.25) is 5.91 Å². The molecule has 1 saturated heterocycles. The number of hydrogen-bond acceptors (Lipinski definition) is 3. The highest BCUT2D eigenvalue weighted by Gasteiger charge is 2.33. The summed E-state index contributed by atoms with van der Waals surface area (Å²) in [5.74, 6) is -0.965. The largest absolute Gasteiger partial charge is 0.480 e. The number of aliphatic carboxylic acids is 1. The summed E-state index contributed by atoms with van der Waals surface area (Å²) in [5, 5.41) is 8.77. The lowest BCUT2D eigenvalue weighted by atomic mass is 10.1. The van der Waals surface area contributed by atoms with E-state index in [-0.39, 0.29) is 24.6 Å². The Morgan fingerprint density at radius 1 is 1.29 bits per heavy atom. The van der Waals surface area contributed by atoms with Crippen LogP contribution >= 0.6 is 0 Å². The maximum Gasteiger partial charge on any atom is 0.323 e. The van der Waals surface area contributed by atoms with Crippen molar-refractivity contribution in [2.24, 2.45) is 0 Å². The van der Waals surface area contributed by atoms with Crippen LogP contribution in [0.15, 0.2) is 0 Å². The molecule has 1 aliphatic heterocycles. The van der Waals surface area contributed by atoms with Gasteiger partial charge in [0.1, 0.15) is 6.54 Å². The lowest BCUT2D eigenvalue weighted by molar-refractivity contribution is -0.145. The molecule has 0 bridgehead atoms. The predicted molar refractivity (Wildman–Crippen MR) is 60.6 cm³/mol. The number of carbonyl (C=O) groups excluding carboxylic acids is 1. The summed E-state index contributed by atoms with van der Waals surface area (Å²) in [5.41, 5.74) is 0. The van der Waals surface area contributed by atoms with Gasteiger partial charge in [0.25, 0.3) is 0 Å². The van der Waals surface area contributed by atoms with E-state index >= 15 is 0 Å². The van der Waals surface area contributed by atoms with Crippen LogP contribution in [0.25, 0.3) is 0 Å². The summed E-state index contributed by atoms with van der Waals surface area (Å²) < 4.78 is 5.45. The van der Waals surface area contributed by atoms with Gasteiger partial charge in [-0.1, -0.05) is 0 Å². The molecule has 2 rings (SSSR count). The van der Waals surface area contributed by atoms with Gasteiger partial charge >= 0.3 is 5.97 Å². The van der Waals surface area contributed by atoms with Crippen molar-refractivity contribution >= 4 is 11.9 Å². The van der Waals surface area contributed by atoms with Gasteiger partial charge in [-0.3, -0.25) is 9.59 Å². The van der Waals surface area contributed by atoms with Crippen molar-refractivity contribution in [3.63, 3.8) is 0 Å². The highest BCUT2D eigenvalue weighted by molar-refractivity contribution is 5.81. The van der Waals surface area contributed by atoms with Crippen LogP contribution in [-0.4, -0.2) is 47.2 Å². The third-order valence-electron chi connectivity index (χ3n) is 3.32. The number of carboxylic acids is 1. The molecular formula is C12H19NO4. The molecule has 1 amide bonds. The molecule has 0 aromatic rings. The molecule has 1 N–H and O–H groups in total. The summed E-state index contributed by atoms with van der Waals surface area (Å²) in [6.45, 7) is 0.634. The smallest absolute Gasteiger partial charge is 0.323 e. The van der Waals surface area contributed by atoms with Crippen molar-refractivity contribution in [3.05, 3.63) is 0 Å². The van der Waals surface area contributed by atoms with Gasteiger partial charge in [-0.05, 0) is 32.1 Å². The Hall–Kier alpha value is -1.10. The van der Waals surface area contributed by atoms with Gasteiger partial charge in [-0.25, -0.2) is 0 Å². The molecule has 5 heteroatoms. The Labute approximate surface area is 101 Å². The van der Waals surface area contributed by atoms with Gasteiger partial charge in [0.05, 0.1) is 6.10 Å². The van der Waals surface area contributed by atoms with Gasteiger partial charge in [-0.15, -0.1) is 0 Å². The number of nitrogens with zero attached hydrogens (tertiary/aromatic N) is 1. The first-order valence-corrected chi connectivity index (χ1v) is 6.29. The maximum absolute atomic E-state index is 11.9. The summed E-state index contributed by atoms with van der Waals surface area (Å²) in [6, 6.07) is 0.170. The lowest BCUT2D eigenvalue weighted by Crippen LogP contribution is -2.37. The molecule has 0 aromatic carbocycles. The lowest BCUT2D eigenvalue weighted by Gasteiger charge is -2.20. The molecule has 1 heterocycles. The normalized spacial score (nSPS) is 23.6. The third-order valence-corrected chi connectivity index (χ3v) is 3.32. The van der Waals surface area contributed by atoms with Crippen molar-refractivity contribution in [2.75, 3.05) is 13.2 Å². The Morgan fingerprint density at radius 2 is 2.06 bits per heavy atom. The molecule has 5 nitrogen and oxygen atoms in total. The quantitative estimate of drug-likeness (QED) is 0.754. The fraction of sp³-hybridized carbons (Fsp3) is 0.833. The van der Waals surface area contributed by atoms with Crippen LogP contribution in [0.1, 0.15) is 38.5 Å². The SMILES string of the molecule is O=C(O)CN(C(=O)CCC1CCCO1)C1CC1. The fourth-order valence-corrected chi connectivity index (χ4v) is 2.25. The van der Waals surface area contributed by atoms with E-state index in [0.29, 0.717) is 6.42 Å². The molecule has 0 radical (unpaired) electrons. The van der Waals surface area contributed by atoms with E-state index in [2.05, 4.69) is 0 Å². The minimum atomic E-state index is -0.928. The van der Waals surface area contributed by atoms with E-state index in [4.69, 9.17) is 9.84 Å². The Bertz CT molecular complexity index is 295. The first-order valence-electron chi connectivity index (χ1n) is 6.29. The number of carboxylic acid groups (broad SMARTS) is 1. The standard InChI is InChI=1S/C12H19NO4/c14-11(6-5-10-2-1-7-17-10)13(8-12(15)16)9-3-4-9/h9-10H,1-8H2,(H,15,16). The minimum Gasteiger partial charge on any atom is -0.480 e. The van der Waals surface area contributed by atoms with Crippen molar-refractivity contribution in [3.8, 4) is 0 Å². The summed E-state index contributed by atoms with van der Waals surface area (Å²) in [4.78, 5) is 24.1. The first kappa shape index (κ1) is 12.4. The maximum atomic E-state index is 11.9. The second-order valence-corrected chi connectivity index (χ2v) is 4.82. The van der Waals surface area contributed by atoms with Gasteiger partial charge in [-0.2, -0.15) is 0 Å². The summed E-state index contributed by atoms with van der Waals surface area (Å²) in [6.07, 6.45) is 5.31. The van der Waals surface area contributed by atoms with E-state index in [0.717, 1.165) is 38.7 Å². The van der Waals surface area contributed by atoms with Crippen LogP contribution in [0.5, 0.6) is 0 Å². The van der Waals surface area contributed by atoms with Crippen LogP contribution < -0.4 is 0 Å². The van der Waals surface area contributed by atoms with E-state index in [1.807, 2.05) is 0 Å². The molecule has 1 unspecified atom stereocenters. The number of carbonyl (C=O) groups is 2. The highest BCUT2D eigenvalue weighted by Crippen LogP contribution is 2.28. The zero-order chi connectivity index (χ0) is 12.3. The fourth-order valence-electron chi connectivity index (χ4n) is 2.25. The average Bonchev–Trinajstić information content (AvgIpc) is 2.99. The van der Waals surface area contributed by atoms with E-state index in [9.17, 15) is 9.59 Å². The molecule has 1 atom stereocenters. The molecule has 96 valence electrons. The molecule has 0 aromatic heterocycles. The first-order chi connectivity index (χ1) is 8.16. The monoisotopic (exact) mass is 241 g/mol.